The van der Waals surface area contributed by atoms with Crippen LogP contribution in [-0.2, 0) is 24.7 Å². The van der Waals surface area contributed by atoms with Gasteiger partial charge < -0.3 is 11.1 Å². The smallest absolute Gasteiger partial charge is 0.250 e. The van der Waals surface area contributed by atoms with Gasteiger partial charge in [-0.3, -0.25) is 24.5 Å². The van der Waals surface area contributed by atoms with Crippen molar-refractivity contribution in [1.82, 2.24) is 5.32 Å². The molecule has 3 heterocycles. The summed E-state index contributed by atoms with van der Waals surface area (Å²) in [5.41, 5.74) is 5.48. The molecule has 4 N–H and O–H groups in total. The molecule has 2 aromatic rings. The molecule has 34 heavy (non-hydrogen) atoms. The number of fused-ring (bicyclic) bond motifs is 4. The van der Waals surface area contributed by atoms with Gasteiger partial charge in [-0.1, -0.05) is 29.3 Å². The van der Waals surface area contributed by atoms with Crippen LogP contribution in [0.2, 0.25) is 10.0 Å². The van der Waals surface area contributed by atoms with Gasteiger partial charge >= 0.3 is 0 Å². The molecule has 0 bridgehead atoms. The molecule has 2 saturated heterocycles. The Balaban J connectivity index is 1.67. The molecule has 0 saturated carbocycles. The minimum absolute atomic E-state index is 0.0467. The van der Waals surface area contributed by atoms with Crippen LogP contribution >= 0.6 is 23.2 Å². The van der Waals surface area contributed by atoms with Crippen molar-refractivity contribution in [3.63, 3.8) is 0 Å². The van der Waals surface area contributed by atoms with Crippen molar-refractivity contribution in [2.75, 3.05) is 10.2 Å². The van der Waals surface area contributed by atoms with Crippen molar-refractivity contribution in [2.45, 2.75) is 31.3 Å². The summed E-state index contributed by atoms with van der Waals surface area (Å²) < 4.78 is 13.7. The summed E-state index contributed by atoms with van der Waals surface area (Å²) in [5, 5.41) is 6.22. The Morgan fingerprint density at radius 1 is 1.15 bits per heavy atom. The highest BCUT2D eigenvalue weighted by Gasteiger charge is 2.70. The molecule has 176 valence electrons. The average Bonchev–Trinajstić information content (AvgIpc) is 3.36. The van der Waals surface area contributed by atoms with Gasteiger partial charge in [0.1, 0.15) is 11.4 Å². The Labute approximate surface area is 203 Å². The lowest BCUT2D eigenvalue weighted by molar-refractivity contribution is -0.130. The summed E-state index contributed by atoms with van der Waals surface area (Å²) in [6.07, 6.45) is 0.0966. The van der Waals surface area contributed by atoms with Crippen molar-refractivity contribution in [3.05, 3.63) is 57.3 Å². The number of nitrogens with zero attached hydrogens (tertiary/aromatic N) is 1. The first-order valence-corrected chi connectivity index (χ1v) is 11.3. The highest BCUT2D eigenvalue weighted by atomic mass is 35.5. The fourth-order valence-electron chi connectivity index (χ4n) is 5.41. The molecule has 3 aliphatic rings. The van der Waals surface area contributed by atoms with Crippen LogP contribution in [0.1, 0.15) is 24.0 Å². The molecule has 3 aliphatic heterocycles. The van der Waals surface area contributed by atoms with Gasteiger partial charge in [0.2, 0.25) is 23.6 Å². The van der Waals surface area contributed by atoms with E-state index < -0.39 is 52.9 Å². The van der Waals surface area contributed by atoms with Gasteiger partial charge in [0.15, 0.2) is 0 Å². The number of hydrogen-bond donors (Lipinski definition) is 3. The third-order valence-electron chi connectivity index (χ3n) is 6.95. The molecule has 5 rings (SSSR count). The van der Waals surface area contributed by atoms with Crippen molar-refractivity contribution >= 4 is 58.2 Å². The van der Waals surface area contributed by atoms with Crippen LogP contribution in [0.5, 0.6) is 0 Å². The minimum Gasteiger partial charge on any atom is -0.370 e. The highest BCUT2D eigenvalue weighted by Crippen LogP contribution is 2.55. The maximum Gasteiger partial charge on any atom is 0.250 e. The summed E-state index contributed by atoms with van der Waals surface area (Å²) in [6.45, 7) is 1.74. The van der Waals surface area contributed by atoms with E-state index in [9.17, 15) is 23.6 Å². The Morgan fingerprint density at radius 2 is 1.88 bits per heavy atom. The molecule has 8 nitrogen and oxygen atoms in total. The van der Waals surface area contributed by atoms with Crippen molar-refractivity contribution in [1.29, 1.82) is 0 Å². The minimum atomic E-state index is -1.55. The van der Waals surface area contributed by atoms with Crippen molar-refractivity contribution in [2.24, 2.45) is 17.6 Å². The van der Waals surface area contributed by atoms with E-state index in [4.69, 9.17) is 28.9 Å². The number of halogens is 3. The molecule has 2 aromatic carbocycles. The summed E-state index contributed by atoms with van der Waals surface area (Å²) in [4.78, 5) is 53.3. The molecule has 4 atom stereocenters. The van der Waals surface area contributed by atoms with Crippen LogP contribution in [0.3, 0.4) is 0 Å². The van der Waals surface area contributed by atoms with Gasteiger partial charge in [-0.15, -0.1) is 0 Å². The van der Waals surface area contributed by atoms with Gasteiger partial charge in [-0.25, -0.2) is 9.29 Å². The monoisotopic (exact) mass is 504 g/mol. The third-order valence-corrected chi connectivity index (χ3v) is 7.65. The Hall–Kier alpha value is -3.01. The van der Waals surface area contributed by atoms with Crippen LogP contribution in [0.4, 0.5) is 15.8 Å². The topological polar surface area (TPSA) is 122 Å². The lowest BCUT2D eigenvalue weighted by Gasteiger charge is -2.29. The predicted octanol–water partition coefficient (Wildman–Crippen LogP) is 2.63. The molecular weight excluding hydrogens is 486 g/mol. The molecular formula is C23H19Cl2FN4O4. The van der Waals surface area contributed by atoms with E-state index in [0.717, 1.165) is 11.0 Å². The van der Waals surface area contributed by atoms with Gasteiger partial charge in [0, 0.05) is 23.0 Å². The molecule has 0 aliphatic carbocycles. The van der Waals surface area contributed by atoms with Crippen molar-refractivity contribution in [3.8, 4) is 0 Å². The Kier molecular flexibility index (Phi) is 5.20. The van der Waals surface area contributed by atoms with Crippen LogP contribution in [-0.4, -0.2) is 29.7 Å². The summed E-state index contributed by atoms with van der Waals surface area (Å²) >= 11 is 12.1. The number of nitrogens with one attached hydrogen (secondary N) is 2. The number of nitrogens with two attached hydrogens (primary N) is 1. The number of primary amides is 1. The fourth-order valence-corrected chi connectivity index (χ4v) is 5.75. The average molecular weight is 505 g/mol. The summed E-state index contributed by atoms with van der Waals surface area (Å²) in [6, 6.07) is 6.13. The number of carbonyl (C=O) groups is 4. The third kappa shape index (κ3) is 3.00. The highest BCUT2D eigenvalue weighted by molar-refractivity contribution is 6.33. The molecule has 1 spiro atoms. The number of carbonyl (C=O) groups excluding carboxylic acids is 4. The number of hydrogen-bond acceptors (Lipinski definition) is 5. The normalized spacial score (nSPS) is 27.4. The first kappa shape index (κ1) is 22.8. The second kappa shape index (κ2) is 7.76. The first-order chi connectivity index (χ1) is 16.1. The number of amides is 4. The van der Waals surface area contributed by atoms with E-state index in [2.05, 4.69) is 10.6 Å². The Morgan fingerprint density at radius 3 is 2.56 bits per heavy atom. The van der Waals surface area contributed by atoms with E-state index in [0.29, 0.717) is 21.8 Å². The molecule has 2 fully saturated rings. The van der Waals surface area contributed by atoms with E-state index in [1.807, 2.05) is 0 Å². The van der Waals surface area contributed by atoms with E-state index >= 15 is 0 Å². The maximum atomic E-state index is 13.8. The quantitative estimate of drug-likeness (QED) is 0.552. The van der Waals surface area contributed by atoms with Gasteiger partial charge in [-0.2, -0.15) is 0 Å². The zero-order valence-corrected chi connectivity index (χ0v) is 19.3. The van der Waals surface area contributed by atoms with E-state index in [1.54, 1.807) is 19.1 Å². The lowest BCUT2D eigenvalue weighted by atomic mass is 9.76. The predicted molar refractivity (Wildman–Crippen MR) is 123 cm³/mol. The first-order valence-electron chi connectivity index (χ1n) is 10.6. The summed E-state index contributed by atoms with van der Waals surface area (Å²) in [7, 11) is 0. The second-order valence-corrected chi connectivity index (χ2v) is 9.54. The Bertz CT molecular complexity index is 1300. The number of benzene rings is 2. The maximum absolute atomic E-state index is 13.8. The second-order valence-electron chi connectivity index (χ2n) is 8.73. The molecule has 0 radical (unpaired) electrons. The van der Waals surface area contributed by atoms with Gasteiger partial charge in [0.05, 0.1) is 28.2 Å². The van der Waals surface area contributed by atoms with E-state index in [-0.39, 0.29) is 23.6 Å². The zero-order chi connectivity index (χ0) is 24.5. The fraction of sp³-hybridized carbons (Fsp3) is 0.304. The standard InChI is InChI=1S/C23H19Cl2FN4O4/c1-9-12(24)4-3-11-19(9)28-22(34)23(11)18-17(15(29-23)6-7-16(27)31)20(32)30(21(18)33)10-2-5-14(26)13(25)8-10/h2-5,8,15,17-18,29H,6-7H2,1H3,(H2,27,31)(H,28,34)/t15-,17-,18+,23+/m1/s1. The van der Waals surface area contributed by atoms with Crippen LogP contribution in [0.25, 0.3) is 0 Å². The number of imide groups is 1. The van der Waals surface area contributed by atoms with Gasteiger partial charge in [0.25, 0.3) is 0 Å². The van der Waals surface area contributed by atoms with Crippen LogP contribution in [0, 0.1) is 24.6 Å². The van der Waals surface area contributed by atoms with Gasteiger partial charge in [-0.05, 0) is 43.2 Å². The van der Waals surface area contributed by atoms with E-state index in [1.165, 1.54) is 12.1 Å². The number of rotatable bonds is 4. The van der Waals surface area contributed by atoms with Crippen LogP contribution < -0.4 is 21.3 Å². The summed E-state index contributed by atoms with van der Waals surface area (Å²) in [5.74, 6) is -5.02. The molecule has 0 aromatic heterocycles. The number of anilines is 2. The van der Waals surface area contributed by atoms with Crippen molar-refractivity contribution < 1.29 is 23.6 Å². The molecule has 0 unspecified atom stereocenters. The largest absolute Gasteiger partial charge is 0.370 e. The van der Waals surface area contributed by atoms with Crippen LogP contribution in [0.15, 0.2) is 30.3 Å². The lowest BCUT2D eigenvalue weighted by Crippen LogP contribution is -2.53. The molecule has 11 heteroatoms. The molecule has 4 amide bonds. The SMILES string of the molecule is Cc1c(Cl)ccc2c1NC(=O)[C@]21N[C@H](CCC(N)=O)[C@H]2C(=O)N(c3ccc(F)c(Cl)c3)C(=O)[C@H]21. The zero-order valence-electron chi connectivity index (χ0n) is 17.8.